The zero-order chi connectivity index (χ0) is 32.8. The van der Waals surface area contributed by atoms with E-state index in [2.05, 4.69) is 0 Å². The van der Waals surface area contributed by atoms with E-state index in [0.717, 1.165) is 0 Å². The van der Waals surface area contributed by atoms with Gasteiger partial charge in [0, 0.05) is 10.6 Å². The number of benzene rings is 2. The highest BCUT2D eigenvalue weighted by Crippen LogP contribution is 2.43. The third-order valence-corrected chi connectivity index (χ3v) is 6.32. The van der Waals surface area contributed by atoms with Gasteiger partial charge >= 0.3 is 24.7 Å². The Morgan fingerprint density at radius 1 is 0.884 bits per heavy atom. The van der Waals surface area contributed by atoms with Crippen LogP contribution in [0.1, 0.15) is 51.4 Å². The minimum atomic E-state index is -5.44. The summed E-state index contributed by atoms with van der Waals surface area (Å²) >= 11 is 5.51. The first-order valence-electron chi connectivity index (χ1n) is 11.6. The molecule has 1 aliphatic rings. The maximum absolute atomic E-state index is 15.0. The summed E-state index contributed by atoms with van der Waals surface area (Å²) in [5.74, 6) is -7.99. The molecule has 0 heterocycles. The zero-order valence-corrected chi connectivity index (χ0v) is 21.6. The highest BCUT2D eigenvalue weighted by Gasteiger charge is 2.52. The molecule has 2 aromatic rings. The standard InChI is InChI=1S/C25H16ClF13N2O2/c26-14-6-12(5-13(8-14)23(31,32)33)16(24(34,35)36)9-18(27)11-1-2-15(17(7-11)25(37,38)39)19(42)41-21(3-4-21)20(43)40-10-22(28,29)30/h1-2,5-9,16H,3-4,10H2,(H,40,43)(H,41,42)/b18-9-. The first-order valence-corrected chi connectivity index (χ1v) is 12.0. The van der Waals surface area contributed by atoms with Crippen LogP contribution in [0.15, 0.2) is 42.5 Å². The molecule has 236 valence electrons. The number of hydrogen-bond donors (Lipinski definition) is 2. The van der Waals surface area contributed by atoms with E-state index in [1.54, 1.807) is 0 Å². The van der Waals surface area contributed by atoms with Gasteiger partial charge in [0.2, 0.25) is 5.91 Å². The van der Waals surface area contributed by atoms with Gasteiger partial charge in [0.05, 0.1) is 16.7 Å². The molecule has 43 heavy (non-hydrogen) atoms. The molecule has 1 saturated carbocycles. The maximum Gasteiger partial charge on any atom is 0.417 e. The minimum Gasteiger partial charge on any atom is -0.345 e. The summed E-state index contributed by atoms with van der Waals surface area (Å²) in [7, 11) is 0. The maximum atomic E-state index is 15.0. The molecular weight excluding hydrogens is 643 g/mol. The van der Waals surface area contributed by atoms with E-state index in [4.69, 9.17) is 11.6 Å². The lowest BCUT2D eigenvalue weighted by Crippen LogP contribution is -2.51. The smallest absolute Gasteiger partial charge is 0.345 e. The molecule has 0 radical (unpaired) electrons. The first-order chi connectivity index (χ1) is 19.4. The van der Waals surface area contributed by atoms with Crippen molar-refractivity contribution < 1.29 is 66.7 Å². The summed E-state index contributed by atoms with van der Waals surface area (Å²) < 4.78 is 174. The molecule has 1 unspecified atom stereocenters. The van der Waals surface area contributed by atoms with E-state index in [0.29, 0.717) is 24.3 Å². The van der Waals surface area contributed by atoms with Crippen molar-refractivity contribution in [3.8, 4) is 0 Å². The van der Waals surface area contributed by atoms with Crippen LogP contribution < -0.4 is 10.6 Å². The highest BCUT2D eigenvalue weighted by atomic mass is 35.5. The third kappa shape index (κ3) is 8.54. The monoisotopic (exact) mass is 658 g/mol. The molecule has 0 aromatic heterocycles. The van der Waals surface area contributed by atoms with Crippen molar-refractivity contribution in [3.05, 3.63) is 75.3 Å². The van der Waals surface area contributed by atoms with Crippen LogP contribution in [0.2, 0.25) is 5.02 Å². The SMILES string of the molecule is O=C(NC1(C(=O)NCC(F)(F)F)CC1)c1ccc(/C(F)=C/C(c2cc(Cl)cc(C(F)(F)F)c2)C(F)(F)F)cc1C(F)(F)F. The number of allylic oxidation sites excluding steroid dienone is 1. The van der Waals surface area contributed by atoms with E-state index in [1.807, 2.05) is 5.32 Å². The normalized spacial score (nSPS) is 16.5. The highest BCUT2D eigenvalue weighted by molar-refractivity contribution is 6.30. The molecule has 1 aliphatic carbocycles. The van der Waals surface area contributed by atoms with Crippen LogP contribution in [-0.4, -0.2) is 36.3 Å². The van der Waals surface area contributed by atoms with Crippen LogP contribution in [0.5, 0.6) is 0 Å². The Kier molecular flexibility index (Phi) is 9.12. The number of amides is 2. The second kappa shape index (κ2) is 11.5. The average molecular weight is 659 g/mol. The van der Waals surface area contributed by atoms with Gasteiger partial charge in [-0.05, 0) is 54.8 Å². The van der Waals surface area contributed by atoms with E-state index in [1.165, 1.54) is 5.32 Å². The Morgan fingerprint density at radius 2 is 1.49 bits per heavy atom. The van der Waals surface area contributed by atoms with Gasteiger partial charge in [-0.15, -0.1) is 0 Å². The van der Waals surface area contributed by atoms with Crippen molar-refractivity contribution in [2.75, 3.05) is 6.54 Å². The fraction of sp³-hybridized carbons (Fsp3) is 0.360. The molecule has 3 rings (SSSR count). The first kappa shape index (κ1) is 34.0. The Labute approximate surface area is 237 Å². The van der Waals surface area contributed by atoms with Crippen molar-refractivity contribution in [2.45, 2.75) is 49.0 Å². The van der Waals surface area contributed by atoms with Crippen LogP contribution in [0, 0.1) is 0 Å². The van der Waals surface area contributed by atoms with Crippen molar-refractivity contribution in [1.82, 2.24) is 10.6 Å². The van der Waals surface area contributed by atoms with E-state index >= 15 is 0 Å². The molecule has 0 saturated heterocycles. The number of hydrogen-bond acceptors (Lipinski definition) is 2. The van der Waals surface area contributed by atoms with Gasteiger partial charge in [-0.25, -0.2) is 4.39 Å². The van der Waals surface area contributed by atoms with Gasteiger partial charge < -0.3 is 10.6 Å². The number of halogens is 14. The summed E-state index contributed by atoms with van der Waals surface area (Å²) in [6.07, 6.45) is -21.6. The lowest BCUT2D eigenvalue weighted by molar-refractivity contribution is -0.142. The molecule has 0 spiro atoms. The predicted octanol–water partition coefficient (Wildman–Crippen LogP) is 7.98. The summed E-state index contributed by atoms with van der Waals surface area (Å²) in [5.41, 5.74) is -9.01. The number of carbonyl (C=O) groups excluding carboxylic acids is 2. The van der Waals surface area contributed by atoms with Gasteiger partial charge in [0.1, 0.15) is 23.8 Å². The Bertz CT molecular complexity index is 1420. The Hall–Kier alpha value is -3.50. The lowest BCUT2D eigenvalue weighted by atomic mass is 9.94. The molecule has 4 nitrogen and oxygen atoms in total. The second-order valence-electron chi connectivity index (χ2n) is 9.40. The van der Waals surface area contributed by atoms with E-state index in [-0.39, 0.29) is 31.1 Å². The second-order valence-corrected chi connectivity index (χ2v) is 9.83. The van der Waals surface area contributed by atoms with Crippen molar-refractivity contribution in [3.63, 3.8) is 0 Å². The van der Waals surface area contributed by atoms with Crippen LogP contribution in [-0.2, 0) is 17.1 Å². The summed E-state index contributed by atoms with van der Waals surface area (Å²) in [6, 6.07) is 1.59. The fourth-order valence-corrected chi connectivity index (χ4v) is 4.11. The van der Waals surface area contributed by atoms with Crippen LogP contribution in [0.3, 0.4) is 0 Å². The molecule has 2 N–H and O–H groups in total. The Morgan fingerprint density at radius 3 is 1.98 bits per heavy atom. The van der Waals surface area contributed by atoms with Crippen LogP contribution in [0.25, 0.3) is 5.83 Å². The van der Waals surface area contributed by atoms with Crippen molar-refractivity contribution in [2.24, 2.45) is 0 Å². The van der Waals surface area contributed by atoms with Gasteiger partial charge in [-0.2, -0.15) is 52.7 Å². The summed E-state index contributed by atoms with van der Waals surface area (Å²) in [5, 5.41) is 2.60. The number of alkyl halides is 12. The molecule has 1 atom stereocenters. The molecule has 0 bridgehead atoms. The number of rotatable bonds is 7. The summed E-state index contributed by atoms with van der Waals surface area (Å²) in [6.45, 7) is -1.79. The van der Waals surface area contributed by atoms with Gasteiger partial charge in [0.15, 0.2) is 0 Å². The predicted molar refractivity (Wildman–Crippen MR) is 124 cm³/mol. The minimum absolute atomic E-state index is 0.0426. The topological polar surface area (TPSA) is 58.2 Å². The number of nitrogens with one attached hydrogen (secondary N) is 2. The molecule has 0 aliphatic heterocycles. The Balaban J connectivity index is 1.98. The lowest BCUT2D eigenvalue weighted by Gasteiger charge is -2.21. The average Bonchev–Trinajstić information content (AvgIpc) is 3.63. The zero-order valence-electron chi connectivity index (χ0n) is 20.8. The van der Waals surface area contributed by atoms with Crippen molar-refractivity contribution in [1.29, 1.82) is 0 Å². The molecular formula is C25H16ClF13N2O2. The third-order valence-electron chi connectivity index (χ3n) is 6.10. The van der Waals surface area contributed by atoms with Gasteiger partial charge in [-0.3, -0.25) is 9.59 Å². The van der Waals surface area contributed by atoms with Gasteiger partial charge in [-0.1, -0.05) is 17.7 Å². The fourth-order valence-electron chi connectivity index (χ4n) is 3.87. The largest absolute Gasteiger partial charge is 0.417 e. The number of carbonyl (C=O) groups is 2. The van der Waals surface area contributed by atoms with Crippen molar-refractivity contribution >= 4 is 29.2 Å². The molecule has 18 heteroatoms. The van der Waals surface area contributed by atoms with Crippen LogP contribution in [0.4, 0.5) is 57.1 Å². The van der Waals surface area contributed by atoms with E-state index < -0.39 is 93.2 Å². The van der Waals surface area contributed by atoms with Gasteiger partial charge in [0.25, 0.3) is 5.91 Å². The van der Waals surface area contributed by atoms with E-state index in [9.17, 15) is 66.7 Å². The molecule has 1 fully saturated rings. The quantitative estimate of drug-likeness (QED) is 0.297. The molecule has 2 aromatic carbocycles. The van der Waals surface area contributed by atoms with Crippen LogP contribution >= 0.6 is 11.6 Å². The molecule has 2 amide bonds. The summed E-state index contributed by atoms with van der Waals surface area (Å²) in [4.78, 5) is 24.7.